The summed E-state index contributed by atoms with van der Waals surface area (Å²) in [7, 11) is 0. The molecule has 3 heterocycles. The number of nitrogens with one attached hydrogen (secondary N) is 1. The monoisotopic (exact) mass is 423 g/mol. The summed E-state index contributed by atoms with van der Waals surface area (Å²) in [6.45, 7) is 4.97. The van der Waals surface area contributed by atoms with Crippen molar-refractivity contribution in [2.45, 2.75) is 33.2 Å². The van der Waals surface area contributed by atoms with Crippen molar-refractivity contribution < 1.29 is 4.79 Å². The van der Waals surface area contributed by atoms with Crippen LogP contribution in [0, 0.1) is 19.8 Å². The van der Waals surface area contributed by atoms with Crippen LogP contribution in [-0.4, -0.2) is 25.4 Å². The molecule has 0 atom stereocenters. The molecule has 1 amide bonds. The van der Waals surface area contributed by atoms with Gasteiger partial charge in [-0.15, -0.1) is 0 Å². The molecule has 0 saturated heterocycles. The van der Waals surface area contributed by atoms with Crippen molar-refractivity contribution in [1.82, 2.24) is 19.5 Å². The second-order valence-corrected chi connectivity index (χ2v) is 8.50. The van der Waals surface area contributed by atoms with Crippen molar-refractivity contribution in [1.29, 1.82) is 0 Å². The smallest absolute Gasteiger partial charge is 0.272 e. The van der Waals surface area contributed by atoms with Crippen LogP contribution in [0.5, 0.6) is 0 Å². The van der Waals surface area contributed by atoms with Gasteiger partial charge in [-0.25, -0.2) is 9.97 Å². The molecule has 0 bridgehead atoms. The van der Waals surface area contributed by atoms with Gasteiger partial charge in [-0.05, 0) is 74.1 Å². The second-order valence-electron chi connectivity index (χ2n) is 8.50. The standard InChI is InChI=1S/C26H25N5O/c1-17-5-8-23(10-18(17)2)30-26(32)24-11-21(16-31(24)15-19-6-7-19)22-13-28-25(29-14-22)20-4-3-9-27-12-20/h3-5,8-14,16,19H,6-7,15H2,1-2H3,(H,30,32). The van der Waals surface area contributed by atoms with Crippen molar-refractivity contribution in [3.63, 3.8) is 0 Å². The highest BCUT2D eigenvalue weighted by Gasteiger charge is 2.25. The lowest BCUT2D eigenvalue weighted by molar-refractivity contribution is 0.101. The number of rotatable bonds is 6. The van der Waals surface area contributed by atoms with Crippen molar-refractivity contribution in [2.24, 2.45) is 5.92 Å². The van der Waals surface area contributed by atoms with Crippen LogP contribution in [0.2, 0.25) is 0 Å². The number of aromatic nitrogens is 4. The summed E-state index contributed by atoms with van der Waals surface area (Å²) >= 11 is 0. The Hall–Kier alpha value is -3.80. The predicted molar refractivity (Wildman–Crippen MR) is 125 cm³/mol. The molecular formula is C26H25N5O. The SMILES string of the molecule is Cc1ccc(NC(=O)c2cc(-c3cnc(-c4cccnc4)nc3)cn2CC2CC2)cc1C. The first-order valence-electron chi connectivity index (χ1n) is 10.9. The average Bonchev–Trinajstić information content (AvgIpc) is 3.53. The van der Waals surface area contributed by atoms with Gasteiger partial charge in [-0.2, -0.15) is 0 Å². The van der Waals surface area contributed by atoms with E-state index in [0.717, 1.165) is 34.5 Å². The van der Waals surface area contributed by atoms with Gasteiger partial charge in [0.2, 0.25) is 0 Å². The molecule has 0 spiro atoms. The molecule has 1 aromatic carbocycles. The summed E-state index contributed by atoms with van der Waals surface area (Å²) in [5, 5.41) is 3.06. The molecule has 0 aliphatic heterocycles. The highest BCUT2D eigenvalue weighted by molar-refractivity contribution is 6.04. The Balaban J connectivity index is 1.42. The Morgan fingerprint density at radius 2 is 1.81 bits per heavy atom. The third-order valence-electron chi connectivity index (χ3n) is 5.95. The lowest BCUT2D eigenvalue weighted by atomic mass is 10.1. The van der Waals surface area contributed by atoms with E-state index in [0.29, 0.717) is 17.4 Å². The highest BCUT2D eigenvalue weighted by Crippen LogP contribution is 2.33. The first-order chi connectivity index (χ1) is 15.6. The van der Waals surface area contributed by atoms with E-state index in [1.54, 1.807) is 24.8 Å². The Morgan fingerprint density at radius 3 is 2.50 bits per heavy atom. The van der Waals surface area contributed by atoms with Gasteiger partial charge in [0.1, 0.15) is 5.69 Å². The quantitative estimate of drug-likeness (QED) is 0.458. The average molecular weight is 424 g/mol. The number of benzene rings is 1. The van der Waals surface area contributed by atoms with Crippen LogP contribution < -0.4 is 5.32 Å². The van der Waals surface area contributed by atoms with Gasteiger partial charge in [0.15, 0.2) is 5.82 Å². The lowest BCUT2D eigenvalue weighted by Crippen LogP contribution is -2.17. The fourth-order valence-electron chi connectivity index (χ4n) is 3.72. The summed E-state index contributed by atoms with van der Waals surface area (Å²) < 4.78 is 2.07. The van der Waals surface area contributed by atoms with Crippen molar-refractivity contribution >= 4 is 11.6 Å². The fraction of sp³-hybridized carbons (Fsp3) is 0.231. The van der Waals surface area contributed by atoms with Crippen molar-refractivity contribution in [3.05, 3.63) is 84.2 Å². The molecule has 6 heteroatoms. The van der Waals surface area contributed by atoms with Crippen LogP contribution in [0.15, 0.2) is 67.4 Å². The van der Waals surface area contributed by atoms with Crippen LogP contribution in [0.1, 0.15) is 34.5 Å². The second kappa shape index (κ2) is 8.38. The molecule has 160 valence electrons. The number of aryl methyl sites for hydroxylation is 2. The van der Waals surface area contributed by atoms with Gasteiger partial charge >= 0.3 is 0 Å². The van der Waals surface area contributed by atoms with Gasteiger partial charge in [0, 0.05) is 59.9 Å². The molecular weight excluding hydrogens is 398 g/mol. The van der Waals surface area contributed by atoms with Crippen LogP contribution in [0.25, 0.3) is 22.5 Å². The number of hydrogen-bond donors (Lipinski definition) is 1. The van der Waals surface area contributed by atoms with Gasteiger partial charge in [-0.3, -0.25) is 9.78 Å². The number of amides is 1. The molecule has 5 rings (SSSR count). The number of anilines is 1. The molecule has 4 aromatic rings. The number of pyridine rings is 1. The highest BCUT2D eigenvalue weighted by atomic mass is 16.1. The molecule has 32 heavy (non-hydrogen) atoms. The first kappa shape index (κ1) is 20.1. The topological polar surface area (TPSA) is 72.7 Å². The number of carbonyl (C=O) groups excluding carboxylic acids is 1. The predicted octanol–water partition coefficient (Wildman–Crippen LogP) is 5.29. The van der Waals surface area contributed by atoms with Crippen LogP contribution >= 0.6 is 0 Å². The van der Waals surface area contributed by atoms with E-state index < -0.39 is 0 Å². The minimum absolute atomic E-state index is 0.104. The van der Waals surface area contributed by atoms with Gasteiger partial charge in [0.25, 0.3) is 5.91 Å². The largest absolute Gasteiger partial charge is 0.343 e. The van der Waals surface area contributed by atoms with E-state index >= 15 is 0 Å². The van der Waals surface area contributed by atoms with E-state index in [9.17, 15) is 4.79 Å². The van der Waals surface area contributed by atoms with Crippen molar-refractivity contribution in [2.75, 3.05) is 5.32 Å². The molecule has 0 radical (unpaired) electrons. The Morgan fingerprint density at radius 1 is 1.00 bits per heavy atom. The Labute approximate surface area is 187 Å². The fourth-order valence-corrected chi connectivity index (χ4v) is 3.72. The maximum atomic E-state index is 13.1. The van der Waals surface area contributed by atoms with E-state index in [2.05, 4.69) is 31.8 Å². The zero-order valence-corrected chi connectivity index (χ0v) is 18.2. The molecule has 1 fully saturated rings. The van der Waals surface area contributed by atoms with Crippen LogP contribution in [0.4, 0.5) is 5.69 Å². The number of hydrogen-bond acceptors (Lipinski definition) is 4. The van der Waals surface area contributed by atoms with E-state index in [4.69, 9.17) is 0 Å². The summed E-state index contributed by atoms with van der Waals surface area (Å²) in [5.74, 6) is 1.17. The number of nitrogens with zero attached hydrogens (tertiary/aromatic N) is 4. The first-order valence-corrected chi connectivity index (χ1v) is 10.9. The minimum atomic E-state index is -0.104. The molecule has 1 saturated carbocycles. The maximum absolute atomic E-state index is 13.1. The van der Waals surface area contributed by atoms with E-state index in [1.807, 2.05) is 49.5 Å². The molecule has 1 N–H and O–H groups in total. The molecule has 1 aliphatic rings. The van der Waals surface area contributed by atoms with Gasteiger partial charge in [-0.1, -0.05) is 6.07 Å². The molecule has 6 nitrogen and oxygen atoms in total. The maximum Gasteiger partial charge on any atom is 0.272 e. The normalized spacial score (nSPS) is 13.2. The van der Waals surface area contributed by atoms with Crippen LogP contribution in [-0.2, 0) is 6.54 Å². The third-order valence-corrected chi connectivity index (χ3v) is 5.95. The van der Waals surface area contributed by atoms with Crippen LogP contribution in [0.3, 0.4) is 0 Å². The Kier molecular flexibility index (Phi) is 5.27. The molecule has 3 aromatic heterocycles. The lowest BCUT2D eigenvalue weighted by Gasteiger charge is -2.10. The summed E-state index contributed by atoms with van der Waals surface area (Å²) in [6, 6.07) is 11.7. The summed E-state index contributed by atoms with van der Waals surface area (Å²) in [6.07, 6.45) is 11.6. The van der Waals surface area contributed by atoms with E-state index in [1.165, 1.54) is 18.4 Å². The molecule has 1 aliphatic carbocycles. The summed E-state index contributed by atoms with van der Waals surface area (Å²) in [5.41, 5.74) is 6.52. The van der Waals surface area contributed by atoms with E-state index in [-0.39, 0.29) is 5.91 Å². The molecule has 0 unspecified atom stereocenters. The summed E-state index contributed by atoms with van der Waals surface area (Å²) in [4.78, 5) is 26.3. The zero-order valence-electron chi connectivity index (χ0n) is 18.2. The zero-order chi connectivity index (χ0) is 22.1. The minimum Gasteiger partial charge on any atom is -0.343 e. The van der Waals surface area contributed by atoms with Crippen molar-refractivity contribution in [3.8, 4) is 22.5 Å². The van der Waals surface area contributed by atoms with Gasteiger partial charge < -0.3 is 9.88 Å². The Bertz CT molecular complexity index is 1260. The number of carbonyl (C=O) groups is 1. The third kappa shape index (κ3) is 4.30. The van der Waals surface area contributed by atoms with Gasteiger partial charge in [0.05, 0.1) is 0 Å².